The van der Waals surface area contributed by atoms with Crippen molar-refractivity contribution in [1.29, 1.82) is 5.26 Å². The number of rotatable bonds is 4. The molecule has 0 aromatic heterocycles. The number of anilines is 1. The molecule has 2 aromatic rings. The molecule has 1 aliphatic carbocycles. The molecule has 0 unspecified atom stereocenters. The van der Waals surface area contributed by atoms with Crippen LogP contribution in [-0.2, 0) is 0 Å². The summed E-state index contributed by atoms with van der Waals surface area (Å²) in [4.78, 5) is 12.6. The Morgan fingerprint density at radius 2 is 1.74 bits per heavy atom. The van der Waals surface area contributed by atoms with Crippen molar-refractivity contribution in [2.45, 2.75) is 24.7 Å². The van der Waals surface area contributed by atoms with Crippen molar-refractivity contribution in [2.24, 2.45) is 5.84 Å². The first kappa shape index (κ1) is 18.5. The molecule has 2 aromatic carbocycles. The molecule has 0 atom stereocenters. The molecule has 9 heteroatoms. The van der Waals surface area contributed by atoms with Gasteiger partial charge in [0.25, 0.3) is 5.91 Å². The van der Waals surface area contributed by atoms with Gasteiger partial charge in [-0.1, -0.05) is 18.2 Å². The van der Waals surface area contributed by atoms with Crippen molar-refractivity contribution in [2.75, 3.05) is 5.73 Å². The number of carbonyl (C=O) groups excluding carboxylic acids is 1. The second-order valence-corrected chi connectivity index (χ2v) is 6.19. The number of nitrogens with zero attached hydrogens (tertiary/aromatic N) is 2. The molecule has 6 nitrogen and oxygen atoms in total. The van der Waals surface area contributed by atoms with Crippen molar-refractivity contribution in [3.05, 3.63) is 48.0 Å². The summed E-state index contributed by atoms with van der Waals surface area (Å²) in [5, 5.41) is 10.1. The van der Waals surface area contributed by atoms with Gasteiger partial charge < -0.3 is 10.5 Å². The van der Waals surface area contributed by atoms with E-state index in [1.54, 1.807) is 6.07 Å². The largest absolute Gasteiger partial charge is 0.573 e. The van der Waals surface area contributed by atoms with E-state index in [2.05, 4.69) is 4.74 Å². The molecule has 0 saturated heterocycles. The van der Waals surface area contributed by atoms with Crippen molar-refractivity contribution in [3.63, 3.8) is 0 Å². The van der Waals surface area contributed by atoms with Crippen LogP contribution in [0.5, 0.6) is 5.75 Å². The lowest BCUT2D eigenvalue weighted by atomic mass is 10.0. The fourth-order valence-corrected chi connectivity index (χ4v) is 2.62. The molecule has 1 fully saturated rings. The van der Waals surface area contributed by atoms with Crippen LogP contribution in [0.15, 0.2) is 42.5 Å². The lowest BCUT2D eigenvalue weighted by Gasteiger charge is -2.22. The lowest BCUT2D eigenvalue weighted by Crippen LogP contribution is -2.46. The molecule has 1 amide bonds. The van der Waals surface area contributed by atoms with Gasteiger partial charge in [-0.15, -0.1) is 13.2 Å². The highest BCUT2D eigenvalue weighted by Gasteiger charge is 2.50. The Kier molecular flexibility index (Phi) is 4.45. The Balaban J connectivity index is 1.87. The minimum atomic E-state index is -4.77. The maximum absolute atomic E-state index is 12.6. The van der Waals surface area contributed by atoms with Crippen LogP contribution in [0, 0.1) is 11.3 Å². The van der Waals surface area contributed by atoms with E-state index < -0.39 is 17.8 Å². The summed E-state index contributed by atoms with van der Waals surface area (Å²) in [6.45, 7) is 0. The van der Waals surface area contributed by atoms with Crippen molar-refractivity contribution >= 4 is 11.6 Å². The van der Waals surface area contributed by atoms with Crippen LogP contribution in [0.4, 0.5) is 18.9 Å². The first-order valence-corrected chi connectivity index (χ1v) is 7.91. The molecule has 140 valence electrons. The molecule has 0 bridgehead atoms. The third kappa shape index (κ3) is 3.80. The number of amides is 1. The minimum Gasteiger partial charge on any atom is -0.406 e. The molecule has 0 radical (unpaired) electrons. The number of ether oxygens (including phenoxy) is 1. The average molecular weight is 376 g/mol. The van der Waals surface area contributed by atoms with E-state index in [4.69, 9.17) is 11.6 Å². The topological polar surface area (TPSA) is 105 Å². The van der Waals surface area contributed by atoms with Crippen LogP contribution in [-0.4, -0.2) is 22.8 Å². The van der Waals surface area contributed by atoms with Crippen LogP contribution in [0.3, 0.4) is 0 Å². The highest BCUT2D eigenvalue weighted by atomic mass is 19.4. The van der Waals surface area contributed by atoms with Crippen LogP contribution in [0.2, 0.25) is 0 Å². The Bertz CT molecular complexity index is 916. The van der Waals surface area contributed by atoms with Gasteiger partial charge in [-0.05, 0) is 48.2 Å². The number of nitrogens with two attached hydrogens (primary N) is 2. The fourth-order valence-electron chi connectivity index (χ4n) is 2.62. The summed E-state index contributed by atoms with van der Waals surface area (Å²) in [6.07, 6.45) is -3.79. The van der Waals surface area contributed by atoms with E-state index in [-0.39, 0.29) is 17.0 Å². The molecule has 4 N–H and O–H groups in total. The number of nitrogen functional groups attached to an aromatic ring is 1. The molecule has 3 rings (SSSR count). The van der Waals surface area contributed by atoms with Gasteiger partial charge in [0, 0.05) is 5.69 Å². The third-order valence-electron chi connectivity index (χ3n) is 4.32. The van der Waals surface area contributed by atoms with Crippen LogP contribution < -0.4 is 16.3 Å². The first-order chi connectivity index (χ1) is 12.6. The average Bonchev–Trinajstić information content (AvgIpc) is 3.41. The number of nitriles is 1. The van der Waals surface area contributed by atoms with Gasteiger partial charge in [0.15, 0.2) is 0 Å². The molecule has 0 spiro atoms. The van der Waals surface area contributed by atoms with Gasteiger partial charge in [-0.25, -0.2) is 5.84 Å². The molecular formula is C18H15F3N4O2. The highest BCUT2D eigenvalue weighted by Crippen LogP contribution is 2.40. The number of hydrazine groups is 1. The third-order valence-corrected chi connectivity index (χ3v) is 4.32. The van der Waals surface area contributed by atoms with Gasteiger partial charge in [-0.2, -0.15) is 5.26 Å². The molecular weight excluding hydrogens is 361 g/mol. The predicted molar refractivity (Wildman–Crippen MR) is 90.9 cm³/mol. The number of hydrogen-bond donors (Lipinski definition) is 2. The normalized spacial score (nSPS) is 14.9. The summed E-state index contributed by atoms with van der Waals surface area (Å²) in [5.41, 5.74) is 6.29. The van der Waals surface area contributed by atoms with Gasteiger partial charge in [0.2, 0.25) is 0 Å². The number of benzene rings is 2. The summed E-state index contributed by atoms with van der Waals surface area (Å²) < 4.78 is 40.6. The Morgan fingerprint density at radius 1 is 1.15 bits per heavy atom. The minimum absolute atomic E-state index is 0.118. The quantitative estimate of drug-likeness (QED) is 0.369. The van der Waals surface area contributed by atoms with Gasteiger partial charge in [0.05, 0.1) is 11.6 Å². The van der Waals surface area contributed by atoms with Gasteiger partial charge in [-0.3, -0.25) is 9.80 Å². The molecule has 27 heavy (non-hydrogen) atoms. The van der Waals surface area contributed by atoms with Crippen molar-refractivity contribution in [1.82, 2.24) is 5.01 Å². The number of alkyl halides is 3. The van der Waals surface area contributed by atoms with Crippen molar-refractivity contribution < 1.29 is 22.7 Å². The monoisotopic (exact) mass is 376 g/mol. The maximum atomic E-state index is 12.6. The maximum Gasteiger partial charge on any atom is 0.573 e. The van der Waals surface area contributed by atoms with E-state index in [1.807, 2.05) is 6.07 Å². The van der Waals surface area contributed by atoms with E-state index >= 15 is 0 Å². The van der Waals surface area contributed by atoms with Crippen LogP contribution in [0.1, 0.15) is 23.2 Å². The fraction of sp³-hybridized carbons (Fsp3) is 0.222. The molecule has 1 aliphatic rings. The predicted octanol–water partition coefficient (Wildman–Crippen LogP) is 3.21. The summed E-state index contributed by atoms with van der Waals surface area (Å²) in [6, 6.07) is 11.9. The summed E-state index contributed by atoms with van der Waals surface area (Å²) in [7, 11) is 0. The number of halogens is 3. The zero-order valence-corrected chi connectivity index (χ0v) is 14.0. The zero-order chi connectivity index (χ0) is 19.8. The smallest absolute Gasteiger partial charge is 0.406 e. The molecule has 0 aliphatic heterocycles. The Hall–Kier alpha value is -3.25. The molecule has 1 saturated carbocycles. The Morgan fingerprint density at radius 3 is 2.26 bits per heavy atom. The standard InChI is InChI=1S/C18H15F3N4O2/c19-18(20,21)27-13-4-1-11(2-5-13)12-3-6-15(23)14(9-12)16(26)25(24)17(10-22)7-8-17/h1-6,9H,7-8,23-24H2. The Labute approximate surface area is 152 Å². The first-order valence-electron chi connectivity index (χ1n) is 7.91. The number of hydrogen-bond acceptors (Lipinski definition) is 5. The van der Waals surface area contributed by atoms with E-state index in [9.17, 15) is 23.2 Å². The second kappa shape index (κ2) is 6.48. The van der Waals surface area contributed by atoms with Crippen LogP contribution in [0.25, 0.3) is 11.1 Å². The van der Waals surface area contributed by atoms with E-state index in [1.165, 1.54) is 36.4 Å². The molecule has 0 heterocycles. The van der Waals surface area contributed by atoms with E-state index in [0.717, 1.165) is 5.01 Å². The zero-order valence-electron chi connectivity index (χ0n) is 14.0. The summed E-state index contributed by atoms with van der Waals surface area (Å²) >= 11 is 0. The number of carbonyl (C=O) groups is 1. The van der Waals surface area contributed by atoms with Crippen molar-refractivity contribution in [3.8, 4) is 22.9 Å². The van der Waals surface area contributed by atoms with Crippen LogP contribution >= 0.6 is 0 Å². The highest BCUT2D eigenvalue weighted by molar-refractivity contribution is 6.01. The summed E-state index contributed by atoms with van der Waals surface area (Å²) in [5.74, 6) is 4.88. The van der Waals surface area contributed by atoms with Gasteiger partial charge in [0.1, 0.15) is 11.3 Å². The lowest BCUT2D eigenvalue weighted by molar-refractivity contribution is -0.274. The SMILES string of the molecule is N#CC1(N(N)C(=O)c2cc(-c3ccc(OC(F)(F)F)cc3)ccc2N)CC1. The second-order valence-electron chi connectivity index (χ2n) is 6.19. The van der Waals surface area contributed by atoms with E-state index in [0.29, 0.717) is 24.0 Å². The van der Waals surface area contributed by atoms with Gasteiger partial charge >= 0.3 is 6.36 Å².